The van der Waals surface area contributed by atoms with Gasteiger partial charge in [-0.2, -0.15) is 0 Å². The van der Waals surface area contributed by atoms with Crippen molar-refractivity contribution in [2.45, 2.75) is 25.7 Å². The number of aryl methyl sites for hydroxylation is 1. The molecule has 0 bridgehead atoms. The summed E-state index contributed by atoms with van der Waals surface area (Å²) in [4.78, 5) is 31.3. The van der Waals surface area contributed by atoms with E-state index < -0.39 is 23.2 Å². The van der Waals surface area contributed by atoms with E-state index >= 15 is 0 Å². The van der Waals surface area contributed by atoms with E-state index in [-0.39, 0.29) is 24.6 Å². The standard InChI is InChI=1S/C31H33Cl2N3O7/c32-23-4-3-5-24(29(23)33)35-13-11-34(12-14-35)10-1-2-15-42-22-8-6-20-7-9-28(39)36(25(20)18-22)19-43-31(41)21-16-26(37)30(40)27(38)17-21/h3-6,8,16-18,37-38,40H,1-2,7,9-15,19H2. The van der Waals surface area contributed by atoms with E-state index in [1.54, 1.807) is 12.1 Å². The number of unbranched alkanes of at least 4 members (excludes halogenated alkanes) is 1. The average Bonchev–Trinajstić information content (AvgIpc) is 3.00. The van der Waals surface area contributed by atoms with Gasteiger partial charge in [0, 0.05) is 38.7 Å². The van der Waals surface area contributed by atoms with Crippen LogP contribution < -0.4 is 14.5 Å². The van der Waals surface area contributed by atoms with Crippen molar-refractivity contribution in [1.82, 2.24) is 4.90 Å². The third kappa shape index (κ3) is 7.21. The topological polar surface area (TPSA) is 123 Å². The highest BCUT2D eigenvalue weighted by Crippen LogP contribution is 2.36. The molecule has 0 radical (unpaired) electrons. The molecule has 0 atom stereocenters. The van der Waals surface area contributed by atoms with Gasteiger partial charge in [0.2, 0.25) is 5.91 Å². The summed E-state index contributed by atoms with van der Waals surface area (Å²) in [6.07, 6.45) is 2.68. The van der Waals surface area contributed by atoms with E-state index in [2.05, 4.69) is 9.80 Å². The molecule has 1 fully saturated rings. The molecule has 228 valence electrons. The van der Waals surface area contributed by atoms with Gasteiger partial charge in [-0.05, 0) is 61.7 Å². The average molecular weight is 631 g/mol. The number of amides is 1. The lowest BCUT2D eigenvalue weighted by Gasteiger charge is -2.36. The van der Waals surface area contributed by atoms with E-state index in [1.807, 2.05) is 24.3 Å². The minimum absolute atomic E-state index is 0.165. The fourth-order valence-corrected chi connectivity index (χ4v) is 5.67. The highest BCUT2D eigenvalue weighted by atomic mass is 35.5. The molecule has 12 heteroatoms. The first-order valence-electron chi connectivity index (χ1n) is 14.1. The summed E-state index contributed by atoms with van der Waals surface area (Å²) in [5.41, 5.74) is 2.35. The van der Waals surface area contributed by atoms with E-state index in [4.69, 9.17) is 32.7 Å². The number of piperazine rings is 1. The zero-order valence-electron chi connectivity index (χ0n) is 23.5. The van der Waals surface area contributed by atoms with Crippen molar-refractivity contribution < 1.29 is 34.4 Å². The van der Waals surface area contributed by atoms with E-state index in [1.165, 1.54) is 4.90 Å². The first kappa shape index (κ1) is 30.6. The Balaban J connectivity index is 1.09. The molecule has 3 N–H and O–H groups in total. The van der Waals surface area contributed by atoms with Gasteiger partial charge in [-0.3, -0.25) is 14.6 Å². The summed E-state index contributed by atoms with van der Waals surface area (Å²) >= 11 is 12.6. The highest BCUT2D eigenvalue weighted by Gasteiger charge is 2.26. The molecule has 3 aromatic carbocycles. The van der Waals surface area contributed by atoms with E-state index in [0.717, 1.165) is 68.9 Å². The summed E-state index contributed by atoms with van der Waals surface area (Å²) in [7, 11) is 0. The second-order valence-corrected chi connectivity index (χ2v) is 11.3. The lowest BCUT2D eigenvalue weighted by atomic mass is 10.0. The number of esters is 1. The van der Waals surface area contributed by atoms with Crippen LogP contribution in [0.3, 0.4) is 0 Å². The molecule has 3 aromatic rings. The fraction of sp³-hybridized carbons (Fsp3) is 0.355. The molecule has 0 unspecified atom stereocenters. The monoisotopic (exact) mass is 629 g/mol. The van der Waals surface area contributed by atoms with Gasteiger partial charge >= 0.3 is 5.97 Å². The predicted molar refractivity (Wildman–Crippen MR) is 164 cm³/mol. The maximum absolute atomic E-state index is 12.7. The summed E-state index contributed by atoms with van der Waals surface area (Å²) < 4.78 is 11.3. The Morgan fingerprint density at radius 1 is 0.884 bits per heavy atom. The van der Waals surface area contributed by atoms with Crippen LogP contribution in [0.5, 0.6) is 23.0 Å². The van der Waals surface area contributed by atoms with Crippen LogP contribution in [-0.2, 0) is 16.0 Å². The lowest BCUT2D eigenvalue weighted by Crippen LogP contribution is -2.46. The van der Waals surface area contributed by atoms with Crippen molar-refractivity contribution in [3.63, 3.8) is 0 Å². The number of aromatic hydroxyl groups is 3. The normalized spacial score (nSPS) is 15.3. The van der Waals surface area contributed by atoms with Gasteiger partial charge in [-0.1, -0.05) is 35.3 Å². The predicted octanol–water partition coefficient (Wildman–Crippen LogP) is 5.19. The molecule has 1 amide bonds. The molecule has 0 aromatic heterocycles. The Bertz CT molecular complexity index is 1470. The second-order valence-electron chi connectivity index (χ2n) is 10.5. The first-order valence-corrected chi connectivity index (χ1v) is 14.9. The number of anilines is 2. The quantitative estimate of drug-likeness (QED) is 0.158. The van der Waals surface area contributed by atoms with Gasteiger partial charge in [0.05, 0.1) is 33.6 Å². The molecule has 5 rings (SSSR count). The van der Waals surface area contributed by atoms with Crippen molar-refractivity contribution in [2.75, 3.05) is 55.9 Å². The Morgan fingerprint density at radius 2 is 1.63 bits per heavy atom. The van der Waals surface area contributed by atoms with E-state index in [9.17, 15) is 24.9 Å². The maximum atomic E-state index is 12.7. The van der Waals surface area contributed by atoms with Crippen molar-refractivity contribution in [3.8, 4) is 23.0 Å². The molecular weight excluding hydrogens is 597 g/mol. The van der Waals surface area contributed by atoms with Gasteiger partial charge in [-0.25, -0.2) is 4.79 Å². The van der Waals surface area contributed by atoms with Crippen LogP contribution in [0.1, 0.15) is 35.2 Å². The van der Waals surface area contributed by atoms with Crippen molar-refractivity contribution >= 4 is 46.5 Å². The summed E-state index contributed by atoms with van der Waals surface area (Å²) in [6, 6.07) is 13.2. The molecule has 1 saturated heterocycles. The van der Waals surface area contributed by atoms with Gasteiger partial charge in [0.25, 0.3) is 0 Å². The number of phenols is 3. The molecule has 0 aliphatic carbocycles. The number of hydrogen-bond acceptors (Lipinski definition) is 9. The lowest BCUT2D eigenvalue weighted by molar-refractivity contribution is -0.119. The minimum Gasteiger partial charge on any atom is -0.504 e. The number of hydrogen-bond donors (Lipinski definition) is 3. The summed E-state index contributed by atoms with van der Waals surface area (Å²) in [6.45, 7) is 4.79. The van der Waals surface area contributed by atoms with Gasteiger partial charge in [0.15, 0.2) is 24.0 Å². The molecule has 43 heavy (non-hydrogen) atoms. The van der Waals surface area contributed by atoms with E-state index in [0.29, 0.717) is 34.5 Å². The second kappa shape index (κ2) is 13.6. The Kier molecular flexibility index (Phi) is 9.69. The van der Waals surface area contributed by atoms with Crippen LogP contribution in [0.2, 0.25) is 10.0 Å². The zero-order chi connectivity index (χ0) is 30.5. The molecular formula is C31H33Cl2N3O7. The number of carbonyl (C=O) groups is 2. The Morgan fingerprint density at radius 3 is 2.37 bits per heavy atom. The van der Waals surface area contributed by atoms with Crippen molar-refractivity contribution in [3.05, 3.63) is 69.7 Å². The smallest absolute Gasteiger partial charge is 0.340 e. The number of fused-ring (bicyclic) bond motifs is 1. The molecule has 2 aliphatic heterocycles. The maximum Gasteiger partial charge on any atom is 0.340 e. The Labute approximate surface area is 259 Å². The summed E-state index contributed by atoms with van der Waals surface area (Å²) in [5.74, 6) is -2.50. The number of benzene rings is 3. The number of ether oxygens (including phenoxy) is 2. The van der Waals surface area contributed by atoms with Crippen LogP contribution in [0.15, 0.2) is 48.5 Å². The number of phenolic OH excluding ortho intramolecular Hbond substituents is 3. The molecule has 10 nitrogen and oxygen atoms in total. The third-order valence-corrected chi connectivity index (χ3v) is 8.48. The van der Waals surface area contributed by atoms with Crippen molar-refractivity contribution in [1.29, 1.82) is 0 Å². The van der Waals surface area contributed by atoms with Crippen LogP contribution in [0, 0.1) is 0 Å². The molecule has 2 heterocycles. The van der Waals surface area contributed by atoms with Crippen LogP contribution in [0.25, 0.3) is 0 Å². The van der Waals surface area contributed by atoms with Gasteiger partial charge < -0.3 is 29.7 Å². The number of halogens is 2. The van der Waals surface area contributed by atoms with Crippen LogP contribution in [0.4, 0.5) is 11.4 Å². The van der Waals surface area contributed by atoms with Gasteiger partial charge in [-0.15, -0.1) is 0 Å². The van der Waals surface area contributed by atoms with Crippen LogP contribution >= 0.6 is 23.2 Å². The number of nitrogens with zero attached hydrogens (tertiary/aromatic N) is 3. The molecule has 0 saturated carbocycles. The number of carbonyl (C=O) groups excluding carboxylic acids is 2. The van der Waals surface area contributed by atoms with Gasteiger partial charge in [0.1, 0.15) is 5.75 Å². The molecule has 2 aliphatic rings. The fourth-order valence-electron chi connectivity index (χ4n) is 5.25. The Hall–Kier alpha value is -3.86. The van der Waals surface area contributed by atoms with Crippen LogP contribution in [-0.4, -0.2) is 78.2 Å². The zero-order valence-corrected chi connectivity index (χ0v) is 25.0. The SMILES string of the molecule is O=C(OCN1C(=O)CCc2ccc(OCCCCN3CCN(c4cccc(Cl)c4Cl)CC3)cc21)c1cc(O)c(O)c(O)c1. The summed E-state index contributed by atoms with van der Waals surface area (Å²) in [5, 5.41) is 30.0. The highest BCUT2D eigenvalue weighted by molar-refractivity contribution is 6.43. The van der Waals surface area contributed by atoms with Crippen molar-refractivity contribution in [2.24, 2.45) is 0 Å². The first-order chi connectivity index (χ1) is 20.7. The molecule has 0 spiro atoms. The largest absolute Gasteiger partial charge is 0.504 e. The number of rotatable bonds is 10. The minimum atomic E-state index is -0.868. The third-order valence-electron chi connectivity index (χ3n) is 7.67.